The third-order valence-electron chi connectivity index (χ3n) is 8.34. The second-order valence-corrected chi connectivity index (χ2v) is 11.6. The van der Waals surface area contributed by atoms with E-state index in [0.29, 0.717) is 11.8 Å². The Balaban J connectivity index is 1.47. The number of hydrogen-bond acceptors (Lipinski definition) is 4. The van der Waals surface area contributed by atoms with Gasteiger partial charge in [0.2, 0.25) is 5.91 Å². The number of carbonyl (C=O) groups excluding carboxylic acids is 2. The van der Waals surface area contributed by atoms with E-state index in [4.69, 9.17) is 9.47 Å². The molecule has 0 radical (unpaired) electrons. The van der Waals surface area contributed by atoms with Crippen LogP contribution >= 0.6 is 0 Å². The first-order chi connectivity index (χ1) is 18.8. The number of rotatable bonds is 9. The van der Waals surface area contributed by atoms with Crippen LogP contribution in [0.2, 0.25) is 0 Å². The third kappa shape index (κ3) is 7.97. The SMILES string of the molecule is COc1ccc(C2CCC(CN(C(=O)C3CCCCC3)c3cccc(/C=C/C(=O)OC(C)C)c3)CC2)cc1C. The molecule has 39 heavy (non-hydrogen) atoms. The third-order valence-corrected chi connectivity index (χ3v) is 8.34. The van der Waals surface area contributed by atoms with Crippen LogP contribution < -0.4 is 9.64 Å². The summed E-state index contributed by atoms with van der Waals surface area (Å²) in [7, 11) is 1.72. The van der Waals surface area contributed by atoms with E-state index >= 15 is 0 Å². The molecule has 2 aliphatic rings. The predicted molar refractivity (Wildman–Crippen MR) is 158 cm³/mol. The highest BCUT2D eigenvalue weighted by Crippen LogP contribution is 2.38. The number of ether oxygens (including phenoxy) is 2. The quantitative estimate of drug-likeness (QED) is 0.244. The fourth-order valence-corrected chi connectivity index (χ4v) is 6.22. The topological polar surface area (TPSA) is 55.8 Å². The Bertz CT molecular complexity index is 1140. The number of amides is 1. The molecule has 0 atom stereocenters. The van der Waals surface area contributed by atoms with Crippen molar-refractivity contribution in [2.75, 3.05) is 18.6 Å². The van der Waals surface area contributed by atoms with E-state index in [1.807, 2.05) is 38.1 Å². The predicted octanol–water partition coefficient (Wildman–Crippen LogP) is 7.86. The average molecular weight is 532 g/mol. The molecule has 210 valence electrons. The van der Waals surface area contributed by atoms with Crippen molar-refractivity contribution in [1.82, 2.24) is 0 Å². The molecular formula is C34H45NO4. The first kappa shape index (κ1) is 28.9. The fraction of sp³-hybridized carbons (Fsp3) is 0.529. The summed E-state index contributed by atoms with van der Waals surface area (Å²) in [5.41, 5.74) is 4.41. The molecule has 4 rings (SSSR count). The van der Waals surface area contributed by atoms with Crippen molar-refractivity contribution >= 4 is 23.6 Å². The Labute approximate surface area is 234 Å². The zero-order valence-corrected chi connectivity index (χ0v) is 24.2. The van der Waals surface area contributed by atoms with Crippen molar-refractivity contribution in [3.05, 3.63) is 65.2 Å². The van der Waals surface area contributed by atoms with E-state index in [1.165, 1.54) is 23.6 Å². The number of carbonyl (C=O) groups is 2. The van der Waals surface area contributed by atoms with Gasteiger partial charge in [-0.1, -0.05) is 43.5 Å². The van der Waals surface area contributed by atoms with Crippen LogP contribution in [-0.2, 0) is 14.3 Å². The molecule has 0 unspecified atom stereocenters. The summed E-state index contributed by atoms with van der Waals surface area (Å²) >= 11 is 0. The van der Waals surface area contributed by atoms with E-state index in [9.17, 15) is 9.59 Å². The Kier molecular flexibility index (Phi) is 10.2. The molecular weight excluding hydrogens is 486 g/mol. The van der Waals surface area contributed by atoms with Crippen molar-refractivity contribution in [3.8, 4) is 5.75 Å². The molecule has 5 nitrogen and oxygen atoms in total. The van der Waals surface area contributed by atoms with Crippen LogP contribution in [0.1, 0.15) is 94.2 Å². The van der Waals surface area contributed by atoms with Gasteiger partial charge in [-0.2, -0.15) is 0 Å². The van der Waals surface area contributed by atoms with Crippen molar-refractivity contribution in [2.24, 2.45) is 11.8 Å². The Morgan fingerprint density at radius 3 is 2.38 bits per heavy atom. The molecule has 2 aliphatic carbocycles. The Morgan fingerprint density at radius 1 is 0.974 bits per heavy atom. The van der Waals surface area contributed by atoms with E-state index in [2.05, 4.69) is 30.0 Å². The summed E-state index contributed by atoms with van der Waals surface area (Å²) < 4.78 is 10.7. The van der Waals surface area contributed by atoms with E-state index in [0.717, 1.165) is 74.9 Å². The molecule has 0 aliphatic heterocycles. The first-order valence-corrected chi connectivity index (χ1v) is 14.8. The fourth-order valence-electron chi connectivity index (χ4n) is 6.22. The summed E-state index contributed by atoms with van der Waals surface area (Å²) in [5.74, 6) is 2.01. The highest BCUT2D eigenvalue weighted by atomic mass is 16.5. The van der Waals surface area contributed by atoms with Gasteiger partial charge >= 0.3 is 5.97 Å². The minimum Gasteiger partial charge on any atom is -0.496 e. The minimum absolute atomic E-state index is 0.109. The Morgan fingerprint density at radius 2 is 1.72 bits per heavy atom. The molecule has 5 heteroatoms. The largest absolute Gasteiger partial charge is 0.496 e. The molecule has 2 aromatic carbocycles. The highest BCUT2D eigenvalue weighted by molar-refractivity contribution is 5.95. The van der Waals surface area contributed by atoms with Crippen molar-refractivity contribution in [1.29, 1.82) is 0 Å². The molecule has 1 amide bonds. The summed E-state index contributed by atoms with van der Waals surface area (Å²) in [6.45, 7) is 6.55. The lowest BCUT2D eigenvalue weighted by molar-refractivity contribution is -0.141. The van der Waals surface area contributed by atoms with Crippen molar-refractivity contribution in [3.63, 3.8) is 0 Å². The van der Waals surface area contributed by atoms with E-state index in [-0.39, 0.29) is 23.9 Å². The second-order valence-electron chi connectivity index (χ2n) is 11.6. The zero-order chi connectivity index (χ0) is 27.8. The number of benzene rings is 2. The minimum atomic E-state index is -0.352. The lowest BCUT2D eigenvalue weighted by atomic mass is 9.78. The first-order valence-electron chi connectivity index (χ1n) is 14.8. The van der Waals surface area contributed by atoms with Crippen molar-refractivity contribution < 1.29 is 19.1 Å². The van der Waals surface area contributed by atoms with Crippen molar-refractivity contribution in [2.45, 2.75) is 90.6 Å². The zero-order valence-electron chi connectivity index (χ0n) is 24.2. The van der Waals surface area contributed by atoms with Crippen LogP contribution in [0.3, 0.4) is 0 Å². The number of methoxy groups -OCH3 is 1. The molecule has 2 saturated carbocycles. The number of aryl methyl sites for hydroxylation is 1. The van der Waals surface area contributed by atoms with Gasteiger partial charge in [0, 0.05) is 24.2 Å². The van der Waals surface area contributed by atoms with Gasteiger partial charge in [0.25, 0.3) is 0 Å². The van der Waals surface area contributed by atoms with Crippen LogP contribution in [0.25, 0.3) is 6.08 Å². The van der Waals surface area contributed by atoms with Gasteiger partial charge in [0.15, 0.2) is 0 Å². The second kappa shape index (κ2) is 13.8. The molecule has 0 N–H and O–H groups in total. The van der Waals surface area contributed by atoms with Crippen LogP contribution in [0.4, 0.5) is 5.69 Å². The lowest BCUT2D eigenvalue weighted by Gasteiger charge is -2.35. The Hall–Kier alpha value is -3.08. The van der Waals surface area contributed by atoms with Gasteiger partial charge in [-0.05, 0) is 112 Å². The maximum absolute atomic E-state index is 13.9. The van der Waals surface area contributed by atoms with Gasteiger partial charge in [-0.15, -0.1) is 0 Å². The van der Waals surface area contributed by atoms with Gasteiger partial charge in [-0.25, -0.2) is 4.79 Å². The number of anilines is 1. The van der Waals surface area contributed by atoms with Crippen LogP contribution in [-0.4, -0.2) is 31.6 Å². The summed E-state index contributed by atoms with van der Waals surface area (Å²) in [4.78, 5) is 28.0. The summed E-state index contributed by atoms with van der Waals surface area (Å²) in [5, 5.41) is 0. The molecule has 0 aromatic heterocycles. The normalized spacial score (nSPS) is 20.2. The molecule has 0 saturated heterocycles. The number of esters is 1. The van der Waals surface area contributed by atoms with Crippen LogP contribution in [0.5, 0.6) is 5.75 Å². The summed E-state index contributed by atoms with van der Waals surface area (Å²) in [6, 6.07) is 14.6. The maximum atomic E-state index is 13.9. The molecule has 0 bridgehead atoms. The van der Waals surface area contributed by atoms with E-state index in [1.54, 1.807) is 13.2 Å². The van der Waals surface area contributed by atoms with Crippen LogP contribution in [0, 0.1) is 18.8 Å². The van der Waals surface area contributed by atoms with Gasteiger partial charge in [-0.3, -0.25) is 4.79 Å². The maximum Gasteiger partial charge on any atom is 0.331 e. The number of nitrogens with zero attached hydrogens (tertiary/aromatic N) is 1. The molecule has 0 spiro atoms. The summed E-state index contributed by atoms with van der Waals surface area (Å²) in [6.07, 6.45) is 13.1. The smallest absolute Gasteiger partial charge is 0.331 e. The van der Waals surface area contributed by atoms with E-state index < -0.39 is 0 Å². The number of hydrogen-bond donors (Lipinski definition) is 0. The van der Waals surface area contributed by atoms with Gasteiger partial charge in [0.05, 0.1) is 13.2 Å². The highest BCUT2D eigenvalue weighted by Gasteiger charge is 2.31. The standard InChI is InChI=1S/C34H45NO4/c1-24(2)39-33(36)20-15-26-9-8-12-31(22-26)35(34(37)29-10-6-5-7-11-29)23-27-13-16-28(17-14-27)30-18-19-32(38-4)25(3)21-30/h8-9,12,15,18-22,24,27-29H,5-7,10-11,13-14,16-17,23H2,1-4H3/b20-15+. The average Bonchev–Trinajstić information content (AvgIpc) is 2.95. The van der Waals surface area contributed by atoms with Crippen LogP contribution in [0.15, 0.2) is 48.5 Å². The van der Waals surface area contributed by atoms with Gasteiger partial charge < -0.3 is 14.4 Å². The molecule has 2 fully saturated rings. The molecule has 2 aromatic rings. The lowest BCUT2D eigenvalue weighted by Crippen LogP contribution is -2.41. The monoisotopic (exact) mass is 531 g/mol. The van der Waals surface area contributed by atoms with Gasteiger partial charge in [0.1, 0.15) is 5.75 Å². The molecule has 0 heterocycles.